The molecule has 0 amide bonds. The Morgan fingerprint density at radius 2 is 2.16 bits per heavy atom. The van der Waals surface area contributed by atoms with Crippen LogP contribution >= 0.6 is 23.4 Å². The number of esters is 1. The Morgan fingerprint density at radius 3 is 2.74 bits per heavy atom. The van der Waals surface area contributed by atoms with E-state index in [4.69, 9.17) is 17.3 Å². The Hall–Kier alpha value is -0.710. The summed E-state index contributed by atoms with van der Waals surface area (Å²) < 4.78 is 4.64. The largest absolute Gasteiger partial charge is 0.469 e. The predicted octanol–water partition coefficient (Wildman–Crippen LogP) is 3.41. The fourth-order valence-electron chi connectivity index (χ4n) is 1.74. The normalized spacial score (nSPS) is 13.9. The van der Waals surface area contributed by atoms with Gasteiger partial charge in [-0.3, -0.25) is 4.79 Å². The molecule has 2 unspecified atom stereocenters. The molecule has 0 bridgehead atoms. The number of hydrogen-bond donors (Lipinski definition) is 1. The van der Waals surface area contributed by atoms with Gasteiger partial charge in [0.15, 0.2) is 0 Å². The quantitative estimate of drug-likeness (QED) is 0.784. The molecule has 1 aromatic rings. The van der Waals surface area contributed by atoms with Gasteiger partial charge < -0.3 is 10.5 Å². The van der Waals surface area contributed by atoms with Gasteiger partial charge in [0.1, 0.15) is 0 Å². The van der Waals surface area contributed by atoms with E-state index in [9.17, 15) is 4.79 Å². The van der Waals surface area contributed by atoms with Crippen molar-refractivity contribution >= 4 is 29.3 Å². The van der Waals surface area contributed by atoms with Crippen molar-refractivity contribution in [2.24, 2.45) is 5.73 Å². The Bertz CT molecular complexity index is 414. The fourth-order valence-corrected chi connectivity index (χ4v) is 3.42. The molecule has 19 heavy (non-hydrogen) atoms. The van der Waals surface area contributed by atoms with Crippen LogP contribution < -0.4 is 5.73 Å². The van der Waals surface area contributed by atoms with E-state index in [2.05, 4.69) is 11.7 Å². The molecule has 0 aliphatic rings. The minimum atomic E-state index is -0.199. The van der Waals surface area contributed by atoms with Crippen molar-refractivity contribution in [3.05, 3.63) is 34.9 Å². The van der Waals surface area contributed by atoms with E-state index in [1.807, 2.05) is 24.3 Å². The first-order chi connectivity index (χ1) is 9.10. The van der Waals surface area contributed by atoms with Gasteiger partial charge >= 0.3 is 5.97 Å². The van der Waals surface area contributed by atoms with Gasteiger partial charge in [0.2, 0.25) is 0 Å². The third-order valence-corrected chi connectivity index (χ3v) is 4.65. The summed E-state index contributed by atoms with van der Waals surface area (Å²) in [6.07, 6.45) is 1.25. The van der Waals surface area contributed by atoms with Gasteiger partial charge in [-0.2, -0.15) is 11.8 Å². The minimum Gasteiger partial charge on any atom is -0.469 e. The number of halogens is 1. The summed E-state index contributed by atoms with van der Waals surface area (Å²) in [7, 11) is 1.40. The number of thioether (sulfide) groups is 1. The van der Waals surface area contributed by atoms with E-state index in [0.717, 1.165) is 17.0 Å². The van der Waals surface area contributed by atoms with Gasteiger partial charge in [0.05, 0.1) is 13.5 Å². The first-order valence-corrected chi connectivity index (χ1v) is 7.71. The Balaban J connectivity index is 2.73. The van der Waals surface area contributed by atoms with Gasteiger partial charge in [0.25, 0.3) is 0 Å². The van der Waals surface area contributed by atoms with Crippen molar-refractivity contribution in [1.82, 2.24) is 0 Å². The van der Waals surface area contributed by atoms with Crippen molar-refractivity contribution in [3.8, 4) is 0 Å². The van der Waals surface area contributed by atoms with Crippen molar-refractivity contribution in [2.45, 2.75) is 31.1 Å². The molecular weight excluding hydrogens is 282 g/mol. The molecule has 0 aliphatic carbocycles. The second-order valence-electron chi connectivity index (χ2n) is 4.21. The van der Waals surface area contributed by atoms with E-state index in [1.165, 1.54) is 7.11 Å². The van der Waals surface area contributed by atoms with Crippen molar-refractivity contribution in [2.75, 3.05) is 12.9 Å². The lowest BCUT2D eigenvalue weighted by molar-refractivity contribution is -0.140. The lowest BCUT2D eigenvalue weighted by Crippen LogP contribution is -2.26. The molecule has 1 aromatic carbocycles. The second-order valence-corrected chi connectivity index (χ2v) is 5.87. The molecule has 3 nitrogen and oxygen atoms in total. The third-order valence-electron chi connectivity index (χ3n) is 2.90. The number of benzene rings is 1. The highest BCUT2D eigenvalue weighted by atomic mass is 35.5. The number of rotatable bonds is 7. The summed E-state index contributed by atoms with van der Waals surface area (Å²) in [5.74, 6) is 0.478. The molecule has 0 heterocycles. The van der Waals surface area contributed by atoms with Crippen LogP contribution in [0.15, 0.2) is 24.3 Å². The Labute approximate surface area is 123 Å². The fraction of sp³-hybridized carbons (Fsp3) is 0.500. The van der Waals surface area contributed by atoms with E-state index in [1.54, 1.807) is 11.8 Å². The zero-order valence-electron chi connectivity index (χ0n) is 11.3. The van der Waals surface area contributed by atoms with Crippen molar-refractivity contribution < 1.29 is 9.53 Å². The molecule has 0 aliphatic heterocycles. The van der Waals surface area contributed by atoms with Crippen LogP contribution in [0, 0.1) is 0 Å². The van der Waals surface area contributed by atoms with E-state index >= 15 is 0 Å². The Kier molecular flexibility index (Phi) is 7.28. The summed E-state index contributed by atoms with van der Waals surface area (Å²) in [5.41, 5.74) is 7.21. The summed E-state index contributed by atoms with van der Waals surface area (Å²) in [6, 6.07) is 7.74. The minimum absolute atomic E-state index is 0.0162. The topological polar surface area (TPSA) is 52.3 Å². The van der Waals surface area contributed by atoms with Crippen LogP contribution in [0.25, 0.3) is 0 Å². The lowest BCUT2D eigenvalue weighted by Gasteiger charge is -2.23. The van der Waals surface area contributed by atoms with Crippen LogP contribution in [-0.4, -0.2) is 24.9 Å². The maximum atomic E-state index is 11.1. The molecule has 106 valence electrons. The zero-order chi connectivity index (χ0) is 14.3. The van der Waals surface area contributed by atoms with Crippen LogP contribution in [-0.2, 0) is 9.53 Å². The molecule has 0 spiro atoms. The predicted molar refractivity (Wildman–Crippen MR) is 81.6 cm³/mol. The maximum Gasteiger partial charge on any atom is 0.306 e. The second kappa shape index (κ2) is 8.46. The first-order valence-electron chi connectivity index (χ1n) is 6.28. The highest BCUT2D eigenvalue weighted by Crippen LogP contribution is 2.36. The van der Waals surface area contributed by atoms with Crippen LogP contribution in [0.4, 0.5) is 0 Å². The zero-order valence-corrected chi connectivity index (χ0v) is 12.8. The molecule has 2 N–H and O–H groups in total. The monoisotopic (exact) mass is 301 g/mol. The van der Waals surface area contributed by atoms with Crippen molar-refractivity contribution in [3.63, 3.8) is 0 Å². The molecule has 1 rings (SSSR count). The van der Waals surface area contributed by atoms with Gasteiger partial charge in [0, 0.05) is 22.1 Å². The third kappa shape index (κ3) is 5.05. The first kappa shape index (κ1) is 16.3. The molecular formula is C14H20ClNO2S. The number of ether oxygens (including phenoxy) is 1. The number of nitrogens with two attached hydrogens (primary N) is 1. The standard InChI is InChI=1S/C14H20ClNO2S/c1-3-12(16)14(19-9-8-13(17)18-2)10-6-4-5-7-11(10)15/h4-7,12,14H,3,8-9,16H2,1-2H3. The maximum absolute atomic E-state index is 11.1. The molecule has 0 radical (unpaired) electrons. The van der Waals surface area contributed by atoms with Crippen molar-refractivity contribution in [1.29, 1.82) is 0 Å². The molecule has 5 heteroatoms. The van der Waals surface area contributed by atoms with E-state index in [-0.39, 0.29) is 17.3 Å². The van der Waals surface area contributed by atoms with Crippen LogP contribution in [0.2, 0.25) is 5.02 Å². The number of carbonyl (C=O) groups excluding carboxylic acids is 1. The average molecular weight is 302 g/mol. The molecule has 2 atom stereocenters. The number of methoxy groups -OCH3 is 1. The van der Waals surface area contributed by atoms with Gasteiger partial charge in [-0.25, -0.2) is 0 Å². The Morgan fingerprint density at radius 1 is 1.47 bits per heavy atom. The van der Waals surface area contributed by atoms with E-state index in [0.29, 0.717) is 12.2 Å². The summed E-state index contributed by atoms with van der Waals surface area (Å²) >= 11 is 7.88. The highest BCUT2D eigenvalue weighted by molar-refractivity contribution is 7.99. The average Bonchev–Trinajstić information content (AvgIpc) is 2.43. The number of carbonyl (C=O) groups is 1. The molecule has 0 fully saturated rings. The smallest absolute Gasteiger partial charge is 0.306 e. The lowest BCUT2D eigenvalue weighted by atomic mass is 10.0. The van der Waals surface area contributed by atoms with Crippen LogP contribution in [0.3, 0.4) is 0 Å². The van der Waals surface area contributed by atoms with Gasteiger partial charge in [-0.05, 0) is 18.1 Å². The SMILES string of the molecule is CCC(N)C(SCCC(=O)OC)c1ccccc1Cl. The summed E-state index contributed by atoms with van der Waals surface area (Å²) in [5, 5.41) is 0.824. The highest BCUT2D eigenvalue weighted by Gasteiger charge is 2.21. The number of hydrogen-bond acceptors (Lipinski definition) is 4. The molecule has 0 aromatic heterocycles. The van der Waals surface area contributed by atoms with Crippen LogP contribution in [0.1, 0.15) is 30.6 Å². The molecule has 0 saturated heterocycles. The summed E-state index contributed by atoms with van der Waals surface area (Å²) in [4.78, 5) is 11.1. The van der Waals surface area contributed by atoms with E-state index < -0.39 is 0 Å². The summed E-state index contributed by atoms with van der Waals surface area (Å²) in [6.45, 7) is 2.05. The molecule has 0 saturated carbocycles. The van der Waals surface area contributed by atoms with Gasteiger partial charge in [-0.15, -0.1) is 0 Å². The van der Waals surface area contributed by atoms with Gasteiger partial charge in [-0.1, -0.05) is 36.7 Å². The van der Waals surface area contributed by atoms with Crippen LogP contribution in [0.5, 0.6) is 0 Å².